The lowest BCUT2D eigenvalue weighted by Crippen LogP contribution is -2.26. The van der Waals surface area contributed by atoms with Crippen molar-refractivity contribution in [2.75, 3.05) is 0 Å². The van der Waals surface area contributed by atoms with E-state index in [9.17, 15) is 9.59 Å². The van der Waals surface area contributed by atoms with Crippen LogP contribution >= 0.6 is 0 Å². The summed E-state index contributed by atoms with van der Waals surface area (Å²) >= 11 is 0. The van der Waals surface area contributed by atoms with Crippen LogP contribution in [0, 0.1) is 11.8 Å². The highest BCUT2D eigenvalue weighted by Gasteiger charge is 2.26. The molecule has 0 bridgehead atoms. The van der Waals surface area contributed by atoms with Crippen molar-refractivity contribution in [2.45, 2.75) is 83.7 Å². The molecule has 2 aromatic rings. The number of nitrogens with one attached hydrogen (secondary N) is 1. The van der Waals surface area contributed by atoms with E-state index >= 15 is 0 Å². The van der Waals surface area contributed by atoms with Gasteiger partial charge in [0.25, 0.3) is 5.91 Å². The molecule has 0 aliphatic heterocycles. The number of hydrazone groups is 1. The smallest absolute Gasteiger partial charge is 0.339 e. The standard InChI is InChI=1S/C30H38N2O3/c33-29(27-16-10-11-17-28(27)30(34)35-22-23-12-6-5-7-13-23)32-31-26-20-18-25(19-21-26)24-14-8-3-1-2-4-9-15-24/h5-7,10-13,16-17,24-25H,1-4,8-9,14-15,18-22H2,(H,32,33). The van der Waals surface area contributed by atoms with Crippen molar-refractivity contribution in [2.24, 2.45) is 16.9 Å². The van der Waals surface area contributed by atoms with E-state index in [1.807, 2.05) is 30.3 Å². The summed E-state index contributed by atoms with van der Waals surface area (Å²) in [6.45, 7) is 0.167. The molecule has 0 spiro atoms. The third kappa shape index (κ3) is 7.51. The van der Waals surface area contributed by atoms with Crippen molar-refractivity contribution >= 4 is 17.6 Å². The number of hydrogen-bond donors (Lipinski definition) is 1. The summed E-state index contributed by atoms with van der Waals surface area (Å²) in [6.07, 6.45) is 15.3. The molecule has 2 saturated carbocycles. The number of nitrogens with zero attached hydrogens (tertiary/aromatic N) is 1. The van der Waals surface area contributed by atoms with Gasteiger partial charge in [0.1, 0.15) is 6.61 Å². The molecule has 35 heavy (non-hydrogen) atoms. The first-order valence-corrected chi connectivity index (χ1v) is 13.4. The second kappa shape index (κ2) is 13.2. The summed E-state index contributed by atoms with van der Waals surface area (Å²) in [5.41, 5.74) is 5.20. The monoisotopic (exact) mass is 474 g/mol. The van der Waals surface area contributed by atoms with Crippen LogP contribution in [0.5, 0.6) is 0 Å². The Hall–Kier alpha value is -2.95. The van der Waals surface area contributed by atoms with E-state index in [0.717, 1.165) is 36.0 Å². The van der Waals surface area contributed by atoms with Crippen LogP contribution in [0.4, 0.5) is 0 Å². The van der Waals surface area contributed by atoms with Crippen LogP contribution in [0.1, 0.15) is 103 Å². The van der Waals surface area contributed by atoms with E-state index < -0.39 is 5.97 Å². The van der Waals surface area contributed by atoms with Crippen molar-refractivity contribution in [3.8, 4) is 0 Å². The molecular weight excluding hydrogens is 436 g/mol. The quantitative estimate of drug-likeness (QED) is 0.360. The third-order valence-corrected chi connectivity index (χ3v) is 7.59. The number of hydrogen-bond acceptors (Lipinski definition) is 4. The van der Waals surface area contributed by atoms with Gasteiger partial charge in [-0.1, -0.05) is 93.8 Å². The third-order valence-electron chi connectivity index (χ3n) is 7.59. The summed E-state index contributed by atoms with van der Waals surface area (Å²) in [7, 11) is 0. The second-order valence-corrected chi connectivity index (χ2v) is 10.0. The summed E-state index contributed by atoms with van der Waals surface area (Å²) < 4.78 is 5.44. The van der Waals surface area contributed by atoms with Crippen LogP contribution in [0.2, 0.25) is 0 Å². The first kappa shape index (κ1) is 25.2. The van der Waals surface area contributed by atoms with Gasteiger partial charge in [0.05, 0.1) is 11.1 Å². The van der Waals surface area contributed by atoms with E-state index in [2.05, 4.69) is 10.5 Å². The van der Waals surface area contributed by atoms with Crippen LogP contribution in [-0.4, -0.2) is 17.6 Å². The first-order chi connectivity index (χ1) is 17.2. The van der Waals surface area contributed by atoms with Gasteiger partial charge in [0, 0.05) is 5.71 Å². The van der Waals surface area contributed by atoms with Gasteiger partial charge in [-0.25, -0.2) is 10.2 Å². The largest absolute Gasteiger partial charge is 0.457 e. The first-order valence-electron chi connectivity index (χ1n) is 13.4. The Morgan fingerprint density at radius 1 is 0.743 bits per heavy atom. The lowest BCUT2D eigenvalue weighted by atomic mass is 9.75. The van der Waals surface area contributed by atoms with Gasteiger partial charge in [-0.2, -0.15) is 5.10 Å². The molecule has 2 fully saturated rings. The maximum atomic E-state index is 12.9. The Morgan fingerprint density at radius 3 is 2.00 bits per heavy atom. The maximum Gasteiger partial charge on any atom is 0.339 e. The van der Waals surface area contributed by atoms with Crippen molar-refractivity contribution in [1.29, 1.82) is 0 Å². The van der Waals surface area contributed by atoms with Gasteiger partial charge in [-0.15, -0.1) is 0 Å². The minimum absolute atomic E-state index is 0.167. The predicted molar refractivity (Wildman–Crippen MR) is 139 cm³/mol. The van der Waals surface area contributed by atoms with Crippen LogP contribution in [0.15, 0.2) is 59.7 Å². The van der Waals surface area contributed by atoms with Gasteiger partial charge in [0.15, 0.2) is 0 Å². The summed E-state index contributed by atoms with van der Waals surface area (Å²) in [5.74, 6) is 0.770. The minimum atomic E-state index is -0.511. The van der Waals surface area contributed by atoms with Gasteiger partial charge >= 0.3 is 5.97 Å². The Morgan fingerprint density at radius 2 is 1.31 bits per heavy atom. The van der Waals surface area contributed by atoms with E-state index in [-0.39, 0.29) is 23.6 Å². The Bertz CT molecular complexity index is 982. The highest BCUT2D eigenvalue weighted by Crippen LogP contribution is 2.36. The fourth-order valence-electron chi connectivity index (χ4n) is 5.54. The zero-order valence-corrected chi connectivity index (χ0v) is 20.7. The molecule has 0 aromatic heterocycles. The second-order valence-electron chi connectivity index (χ2n) is 10.0. The maximum absolute atomic E-state index is 12.9. The van der Waals surface area contributed by atoms with Crippen molar-refractivity contribution in [3.63, 3.8) is 0 Å². The van der Waals surface area contributed by atoms with E-state index in [0.29, 0.717) is 0 Å². The molecule has 0 unspecified atom stereocenters. The lowest BCUT2D eigenvalue weighted by Gasteiger charge is -2.31. The van der Waals surface area contributed by atoms with Gasteiger partial charge < -0.3 is 4.74 Å². The molecule has 4 rings (SSSR count). The van der Waals surface area contributed by atoms with Crippen molar-refractivity contribution < 1.29 is 14.3 Å². The van der Waals surface area contributed by atoms with Crippen LogP contribution in [0.3, 0.4) is 0 Å². The number of benzene rings is 2. The summed E-state index contributed by atoms with van der Waals surface area (Å²) in [6, 6.07) is 16.3. The van der Waals surface area contributed by atoms with E-state index in [1.54, 1.807) is 24.3 Å². The molecule has 5 heteroatoms. The van der Waals surface area contributed by atoms with Crippen LogP contribution in [0.25, 0.3) is 0 Å². The fraction of sp³-hybridized carbons (Fsp3) is 0.500. The number of rotatable bonds is 6. The zero-order chi connectivity index (χ0) is 24.3. The van der Waals surface area contributed by atoms with Gasteiger partial charge in [-0.3, -0.25) is 4.79 Å². The molecule has 186 valence electrons. The average molecular weight is 475 g/mol. The molecule has 2 aromatic carbocycles. The summed E-state index contributed by atoms with van der Waals surface area (Å²) in [4.78, 5) is 25.5. The molecular formula is C30H38N2O3. The SMILES string of the molecule is O=C(NN=C1CCC(C2CCCCCCCC2)CC1)c1ccccc1C(=O)OCc1ccccc1. The van der Waals surface area contributed by atoms with Gasteiger partial charge in [0.2, 0.25) is 0 Å². The normalized spacial score (nSPS) is 19.7. The van der Waals surface area contributed by atoms with Crippen LogP contribution in [-0.2, 0) is 11.3 Å². The minimum Gasteiger partial charge on any atom is -0.457 e. The number of ether oxygens (including phenoxy) is 1. The molecule has 0 heterocycles. The number of carbonyl (C=O) groups is 2. The summed E-state index contributed by atoms with van der Waals surface area (Å²) in [5, 5.41) is 4.45. The number of carbonyl (C=O) groups excluding carboxylic acids is 2. The Balaban J connectivity index is 1.30. The molecule has 0 saturated heterocycles. The average Bonchev–Trinajstić information content (AvgIpc) is 3.05. The molecule has 5 nitrogen and oxygen atoms in total. The lowest BCUT2D eigenvalue weighted by molar-refractivity contribution is 0.0469. The predicted octanol–water partition coefficient (Wildman–Crippen LogP) is 7.07. The zero-order valence-electron chi connectivity index (χ0n) is 20.7. The van der Waals surface area contributed by atoms with Gasteiger partial charge in [-0.05, 0) is 55.2 Å². The van der Waals surface area contributed by atoms with E-state index in [4.69, 9.17) is 4.74 Å². The Kier molecular flexibility index (Phi) is 9.50. The molecule has 0 radical (unpaired) electrons. The number of amides is 1. The topological polar surface area (TPSA) is 67.8 Å². The molecule has 1 N–H and O–H groups in total. The molecule has 2 aliphatic rings. The van der Waals surface area contributed by atoms with Crippen molar-refractivity contribution in [3.05, 3.63) is 71.3 Å². The van der Waals surface area contributed by atoms with E-state index in [1.165, 1.54) is 64.2 Å². The molecule has 2 aliphatic carbocycles. The highest BCUT2D eigenvalue weighted by molar-refractivity contribution is 6.05. The fourth-order valence-corrected chi connectivity index (χ4v) is 5.54. The molecule has 1 amide bonds. The van der Waals surface area contributed by atoms with Crippen LogP contribution < -0.4 is 5.43 Å². The Labute approximate surface area is 209 Å². The number of esters is 1. The van der Waals surface area contributed by atoms with Crippen molar-refractivity contribution in [1.82, 2.24) is 5.43 Å². The highest BCUT2D eigenvalue weighted by atomic mass is 16.5. The molecule has 0 atom stereocenters.